The molecule has 0 saturated carbocycles. The van der Waals surface area contributed by atoms with Crippen molar-refractivity contribution in [3.63, 3.8) is 0 Å². The quantitative estimate of drug-likeness (QED) is 0.331. The van der Waals surface area contributed by atoms with E-state index in [1.54, 1.807) is 43.0 Å². The minimum absolute atomic E-state index is 0.334. The second-order valence-electron chi connectivity index (χ2n) is 8.87. The van der Waals surface area contributed by atoms with E-state index in [4.69, 9.17) is 14.7 Å². The van der Waals surface area contributed by atoms with E-state index in [1.807, 2.05) is 32.3 Å². The fourth-order valence-corrected chi connectivity index (χ4v) is 4.13. The molecule has 0 fully saturated rings. The number of ether oxygens (including phenoxy) is 1. The Balaban J connectivity index is 1.39. The zero-order chi connectivity index (χ0) is 25.4. The van der Waals surface area contributed by atoms with Gasteiger partial charge in [-0.2, -0.15) is 5.10 Å². The van der Waals surface area contributed by atoms with E-state index in [0.717, 1.165) is 23.3 Å². The Morgan fingerprint density at radius 3 is 2.62 bits per heavy atom. The summed E-state index contributed by atoms with van der Waals surface area (Å²) in [5, 5.41) is 7.49. The smallest absolute Gasteiger partial charge is 0.161 e. The van der Waals surface area contributed by atoms with E-state index in [1.165, 1.54) is 6.07 Å². The van der Waals surface area contributed by atoms with Gasteiger partial charge in [0.2, 0.25) is 0 Å². The number of benzene rings is 1. The maximum Gasteiger partial charge on any atom is 0.161 e. The van der Waals surface area contributed by atoms with Gasteiger partial charge in [-0.05, 0) is 38.4 Å². The van der Waals surface area contributed by atoms with Crippen LogP contribution in [0.5, 0.6) is 5.75 Å². The first-order chi connectivity index (χ1) is 18.1. The highest BCUT2D eigenvalue weighted by Gasteiger charge is 2.18. The van der Waals surface area contributed by atoms with Gasteiger partial charge in [0.25, 0.3) is 0 Å². The summed E-state index contributed by atoms with van der Waals surface area (Å²) >= 11 is 0. The number of nitrogens with zero attached hydrogens (tertiary/aromatic N) is 6. The lowest BCUT2D eigenvalue weighted by molar-refractivity contribution is 0.261. The summed E-state index contributed by atoms with van der Waals surface area (Å²) in [6.07, 6.45) is 6.72. The lowest BCUT2D eigenvalue weighted by Crippen LogP contribution is -2.19. The largest absolute Gasteiger partial charge is 0.491 e. The molecular weight excluding hydrogens is 471 g/mol. The molecule has 37 heavy (non-hydrogen) atoms. The molecule has 2 N–H and O–H groups in total. The Labute approximate surface area is 211 Å². The molecule has 0 aliphatic heterocycles. The minimum Gasteiger partial charge on any atom is -0.491 e. The van der Waals surface area contributed by atoms with Gasteiger partial charge in [-0.25, -0.2) is 14.4 Å². The van der Waals surface area contributed by atoms with Gasteiger partial charge >= 0.3 is 0 Å². The lowest BCUT2D eigenvalue weighted by atomic mass is 10.1. The summed E-state index contributed by atoms with van der Waals surface area (Å²) in [5.41, 5.74) is 5.84. The Hall–Kier alpha value is -4.70. The molecule has 5 heterocycles. The van der Waals surface area contributed by atoms with Gasteiger partial charge in [-0.15, -0.1) is 0 Å². The van der Waals surface area contributed by atoms with Crippen LogP contribution >= 0.6 is 0 Å². The van der Waals surface area contributed by atoms with Crippen LogP contribution < -0.4 is 4.74 Å². The fraction of sp³-hybridized carbons (Fsp3) is 0.148. The molecule has 6 aromatic rings. The van der Waals surface area contributed by atoms with Crippen LogP contribution in [0, 0.1) is 5.82 Å². The maximum atomic E-state index is 14.5. The molecule has 9 nitrogen and oxygen atoms in total. The number of likely N-dealkylation sites (N-methyl/N-ethyl adjacent to an activating group) is 1. The van der Waals surface area contributed by atoms with E-state index in [-0.39, 0.29) is 5.82 Å². The summed E-state index contributed by atoms with van der Waals surface area (Å²) in [6, 6.07) is 12.3. The second kappa shape index (κ2) is 9.40. The molecule has 1 aromatic carbocycles. The van der Waals surface area contributed by atoms with E-state index >= 15 is 0 Å². The zero-order valence-corrected chi connectivity index (χ0v) is 20.2. The van der Waals surface area contributed by atoms with Gasteiger partial charge in [0.05, 0.1) is 29.1 Å². The predicted molar refractivity (Wildman–Crippen MR) is 139 cm³/mol. The van der Waals surface area contributed by atoms with Crippen LogP contribution in [0.1, 0.15) is 0 Å². The first-order valence-corrected chi connectivity index (χ1v) is 11.7. The number of aromatic nitrogens is 7. The number of nitrogens with one attached hydrogen (secondary N) is 2. The van der Waals surface area contributed by atoms with Crippen LogP contribution in [0.4, 0.5) is 4.39 Å². The number of pyridine rings is 3. The van der Waals surface area contributed by atoms with Crippen molar-refractivity contribution in [2.45, 2.75) is 0 Å². The van der Waals surface area contributed by atoms with Crippen molar-refractivity contribution in [2.24, 2.45) is 0 Å². The highest BCUT2D eigenvalue weighted by atomic mass is 19.1. The van der Waals surface area contributed by atoms with E-state index in [0.29, 0.717) is 51.6 Å². The number of halogens is 1. The normalized spacial score (nSPS) is 11.6. The summed E-state index contributed by atoms with van der Waals surface area (Å²) in [7, 11) is 4.00. The molecule has 6 rings (SSSR count). The zero-order valence-electron chi connectivity index (χ0n) is 20.2. The summed E-state index contributed by atoms with van der Waals surface area (Å²) < 4.78 is 20.4. The molecule has 0 saturated heterocycles. The number of H-pyrrole nitrogens is 2. The van der Waals surface area contributed by atoms with E-state index < -0.39 is 0 Å². The lowest BCUT2D eigenvalue weighted by Gasteiger charge is -2.11. The van der Waals surface area contributed by atoms with Crippen molar-refractivity contribution in [1.82, 2.24) is 40.0 Å². The molecule has 0 unspecified atom stereocenters. The van der Waals surface area contributed by atoms with Gasteiger partial charge in [-0.3, -0.25) is 15.1 Å². The Morgan fingerprint density at radius 2 is 1.76 bits per heavy atom. The molecule has 5 aromatic heterocycles. The van der Waals surface area contributed by atoms with Gasteiger partial charge in [0, 0.05) is 35.6 Å². The molecule has 0 bridgehead atoms. The second-order valence-corrected chi connectivity index (χ2v) is 8.87. The topological polar surface area (TPSA) is 109 Å². The Morgan fingerprint density at radius 1 is 0.892 bits per heavy atom. The molecule has 0 spiro atoms. The Kier molecular flexibility index (Phi) is 5.78. The third-order valence-electron chi connectivity index (χ3n) is 6.01. The van der Waals surface area contributed by atoms with Crippen LogP contribution in [0.3, 0.4) is 0 Å². The van der Waals surface area contributed by atoms with Gasteiger partial charge in [0.1, 0.15) is 29.2 Å². The number of hydrogen-bond donors (Lipinski definition) is 2. The third-order valence-corrected chi connectivity index (χ3v) is 6.01. The average Bonchev–Trinajstić information content (AvgIpc) is 3.52. The van der Waals surface area contributed by atoms with Gasteiger partial charge < -0.3 is 14.6 Å². The van der Waals surface area contributed by atoms with Crippen LogP contribution in [0.15, 0.2) is 67.3 Å². The predicted octanol–water partition coefficient (Wildman–Crippen LogP) is 4.70. The first kappa shape index (κ1) is 22.7. The van der Waals surface area contributed by atoms with Gasteiger partial charge in [0.15, 0.2) is 11.5 Å². The number of imidazole rings is 1. The number of hydrogen-bond acceptors (Lipinski definition) is 7. The maximum absolute atomic E-state index is 14.5. The molecular formula is C27H23FN8O. The fourth-order valence-electron chi connectivity index (χ4n) is 4.13. The standard InChI is InChI=1S/C27H23FN8O/c1-36(2)9-10-37-17-11-16(12-29-13-17)21-7-8-22-25(31-21)26(35-34-22)27-32-23-15-30-14-19(24(23)33-27)18-5-3-4-6-20(18)28/h3-8,11-15H,9-10H2,1-2H3,(H,32,33)(H,34,35). The van der Waals surface area contributed by atoms with Crippen LogP contribution in [0.25, 0.3) is 56.0 Å². The van der Waals surface area contributed by atoms with Crippen LogP contribution in [0.2, 0.25) is 0 Å². The summed E-state index contributed by atoms with van der Waals surface area (Å²) in [6.45, 7) is 1.37. The van der Waals surface area contributed by atoms with Gasteiger partial charge in [-0.1, -0.05) is 18.2 Å². The number of aromatic amines is 2. The van der Waals surface area contributed by atoms with Crippen molar-refractivity contribution in [3.8, 4) is 39.7 Å². The first-order valence-electron chi connectivity index (χ1n) is 11.7. The van der Waals surface area contributed by atoms with Crippen LogP contribution in [-0.2, 0) is 0 Å². The monoisotopic (exact) mass is 494 g/mol. The number of rotatable bonds is 7. The van der Waals surface area contributed by atoms with Crippen molar-refractivity contribution in [3.05, 3.63) is 73.1 Å². The molecule has 0 amide bonds. The van der Waals surface area contributed by atoms with Crippen molar-refractivity contribution < 1.29 is 9.13 Å². The number of fused-ring (bicyclic) bond motifs is 2. The minimum atomic E-state index is -0.334. The summed E-state index contributed by atoms with van der Waals surface area (Å²) in [4.78, 5) is 23.6. The van der Waals surface area contributed by atoms with E-state index in [2.05, 4.69) is 30.0 Å². The van der Waals surface area contributed by atoms with E-state index in [9.17, 15) is 4.39 Å². The SMILES string of the molecule is CN(C)CCOc1cncc(-c2ccc3[nH]nc(-c4nc5c(-c6ccccc6F)cncc5[nH]4)c3n2)c1. The molecule has 0 aliphatic carbocycles. The third kappa shape index (κ3) is 4.38. The average molecular weight is 495 g/mol. The van der Waals surface area contributed by atoms with Crippen LogP contribution in [-0.4, -0.2) is 67.3 Å². The molecule has 0 radical (unpaired) electrons. The van der Waals surface area contributed by atoms with Crippen molar-refractivity contribution in [2.75, 3.05) is 27.2 Å². The van der Waals surface area contributed by atoms with Crippen molar-refractivity contribution in [1.29, 1.82) is 0 Å². The molecule has 184 valence electrons. The molecule has 10 heteroatoms. The highest BCUT2D eigenvalue weighted by Crippen LogP contribution is 2.32. The summed E-state index contributed by atoms with van der Waals surface area (Å²) in [5.74, 6) is 0.855. The molecule has 0 aliphatic rings. The van der Waals surface area contributed by atoms with Crippen molar-refractivity contribution >= 4 is 22.1 Å². The molecule has 0 atom stereocenters. The Bertz CT molecular complexity index is 1720. The highest BCUT2D eigenvalue weighted by molar-refractivity contribution is 5.95.